The Morgan fingerprint density at radius 1 is 1.27 bits per heavy atom. The lowest BCUT2D eigenvalue weighted by Crippen LogP contribution is -2.41. The standard InChI is InChI=1S/C22H24F3N3O5/c23-22(24,25)14-27-13-17-11-18(6-5-15(17)10-16(21(27)31)12-20(29)30)33-9-3-7-26-19-4-1-2-8-28(19)32/h1-2,4-6,8,11,16,26H,3,7,9-10,12-14H2,(H,29,30). The molecule has 178 valence electrons. The number of amides is 1. The van der Waals surface area contributed by atoms with Crippen molar-refractivity contribution < 1.29 is 37.3 Å². The second kappa shape index (κ2) is 10.4. The van der Waals surface area contributed by atoms with E-state index in [1.807, 2.05) is 0 Å². The Hall–Kier alpha value is -3.50. The minimum absolute atomic E-state index is 0.0469. The average molecular weight is 467 g/mol. The monoisotopic (exact) mass is 467 g/mol. The third-order valence-electron chi connectivity index (χ3n) is 5.18. The number of ether oxygens (including phenoxy) is 1. The zero-order valence-corrected chi connectivity index (χ0v) is 17.7. The number of anilines is 1. The van der Waals surface area contributed by atoms with Gasteiger partial charge in [0.25, 0.3) is 5.82 Å². The lowest BCUT2D eigenvalue weighted by molar-refractivity contribution is -0.590. The van der Waals surface area contributed by atoms with E-state index in [4.69, 9.17) is 9.84 Å². The molecule has 8 nitrogen and oxygen atoms in total. The number of aliphatic carboxylic acids is 1. The summed E-state index contributed by atoms with van der Waals surface area (Å²) in [5, 5.41) is 23.6. The predicted octanol–water partition coefficient (Wildman–Crippen LogP) is 2.74. The van der Waals surface area contributed by atoms with Crippen molar-refractivity contribution in [2.24, 2.45) is 5.92 Å². The quantitative estimate of drug-likeness (QED) is 0.334. The number of hydrogen-bond donors (Lipinski definition) is 2. The number of carbonyl (C=O) groups excluding carboxylic acids is 1. The summed E-state index contributed by atoms with van der Waals surface area (Å²) in [4.78, 5) is 24.4. The molecule has 1 unspecified atom stereocenters. The van der Waals surface area contributed by atoms with Crippen LogP contribution in [0.4, 0.5) is 19.0 Å². The predicted molar refractivity (Wildman–Crippen MR) is 111 cm³/mol. The van der Waals surface area contributed by atoms with Crippen molar-refractivity contribution in [3.05, 3.63) is 58.9 Å². The van der Waals surface area contributed by atoms with Crippen molar-refractivity contribution in [1.82, 2.24) is 4.90 Å². The Kier molecular flexibility index (Phi) is 7.62. The molecule has 1 aliphatic rings. The Morgan fingerprint density at radius 2 is 2.06 bits per heavy atom. The number of carbonyl (C=O) groups is 2. The maximum absolute atomic E-state index is 13.0. The molecule has 1 aromatic carbocycles. The van der Waals surface area contributed by atoms with Crippen LogP contribution in [0.2, 0.25) is 0 Å². The third-order valence-corrected chi connectivity index (χ3v) is 5.18. The van der Waals surface area contributed by atoms with Gasteiger partial charge in [0.15, 0.2) is 0 Å². The summed E-state index contributed by atoms with van der Waals surface area (Å²) in [6.07, 6.45) is -3.16. The second-order valence-corrected chi connectivity index (χ2v) is 7.78. The van der Waals surface area contributed by atoms with Crippen LogP contribution in [-0.2, 0) is 22.6 Å². The molecule has 2 aromatic rings. The van der Waals surface area contributed by atoms with Crippen LogP contribution in [0.5, 0.6) is 5.75 Å². The average Bonchev–Trinajstić information content (AvgIpc) is 2.84. The summed E-state index contributed by atoms with van der Waals surface area (Å²) >= 11 is 0. The summed E-state index contributed by atoms with van der Waals surface area (Å²) < 4.78 is 45.4. The highest BCUT2D eigenvalue weighted by Gasteiger charge is 2.38. The van der Waals surface area contributed by atoms with Gasteiger partial charge in [0, 0.05) is 19.0 Å². The van der Waals surface area contributed by atoms with Crippen LogP contribution in [0.25, 0.3) is 0 Å². The number of carboxylic acids is 1. The number of hydrogen-bond acceptors (Lipinski definition) is 5. The second-order valence-electron chi connectivity index (χ2n) is 7.78. The molecule has 1 amide bonds. The fraction of sp³-hybridized carbons (Fsp3) is 0.409. The Morgan fingerprint density at radius 3 is 2.76 bits per heavy atom. The maximum Gasteiger partial charge on any atom is 0.406 e. The number of nitrogens with zero attached hydrogens (tertiary/aromatic N) is 2. The fourth-order valence-electron chi connectivity index (χ4n) is 3.70. The SMILES string of the molecule is O=C(O)CC1Cc2ccc(OCCCNc3cccc[n+]3[O-])cc2CN(CC(F)(F)F)C1=O. The number of benzene rings is 1. The van der Waals surface area contributed by atoms with Crippen molar-refractivity contribution in [3.8, 4) is 5.75 Å². The van der Waals surface area contributed by atoms with Crippen LogP contribution in [0.15, 0.2) is 42.6 Å². The highest BCUT2D eigenvalue weighted by atomic mass is 19.4. The van der Waals surface area contributed by atoms with E-state index < -0.39 is 36.9 Å². The molecule has 0 radical (unpaired) electrons. The number of carboxylic acid groups (broad SMARTS) is 1. The van der Waals surface area contributed by atoms with Gasteiger partial charge in [-0.3, -0.25) is 14.9 Å². The third kappa shape index (κ3) is 6.99. The first kappa shape index (κ1) is 24.1. The van der Waals surface area contributed by atoms with Crippen LogP contribution in [0.1, 0.15) is 24.0 Å². The molecule has 3 rings (SSSR count). The number of fused-ring (bicyclic) bond motifs is 1. The molecule has 0 spiro atoms. The van der Waals surface area contributed by atoms with Gasteiger partial charge in [-0.1, -0.05) is 12.1 Å². The van der Waals surface area contributed by atoms with Crippen LogP contribution < -0.4 is 14.8 Å². The molecule has 33 heavy (non-hydrogen) atoms. The molecular weight excluding hydrogens is 443 g/mol. The molecule has 0 saturated carbocycles. The van der Waals surface area contributed by atoms with Gasteiger partial charge in [0.05, 0.1) is 31.7 Å². The zero-order chi connectivity index (χ0) is 24.0. The number of alkyl halides is 3. The van der Waals surface area contributed by atoms with E-state index in [1.165, 1.54) is 6.20 Å². The molecule has 11 heteroatoms. The van der Waals surface area contributed by atoms with Crippen molar-refractivity contribution in [1.29, 1.82) is 0 Å². The van der Waals surface area contributed by atoms with E-state index in [2.05, 4.69) is 5.32 Å². The molecule has 2 heterocycles. The Labute approximate surface area is 188 Å². The number of aromatic nitrogens is 1. The van der Waals surface area contributed by atoms with Gasteiger partial charge in [-0.15, -0.1) is 0 Å². The van der Waals surface area contributed by atoms with Gasteiger partial charge in [-0.25, -0.2) is 4.73 Å². The van der Waals surface area contributed by atoms with Gasteiger partial charge in [-0.2, -0.15) is 13.2 Å². The molecule has 0 aliphatic carbocycles. The molecule has 2 N–H and O–H groups in total. The summed E-state index contributed by atoms with van der Waals surface area (Å²) in [6.45, 7) is -0.955. The van der Waals surface area contributed by atoms with Crippen molar-refractivity contribution in [3.63, 3.8) is 0 Å². The Balaban J connectivity index is 1.64. The number of pyridine rings is 1. The van der Waals surface area contributed by atoms with E-state index in [0.717, 1.165) is 0 Å². The molecular formula is C22H24F3N3O5. The fourth-order valence-corrected chi connectivity index (χ4v) is 3.70. The molecule has 0 saturated heterocycles. The number of halogens is 3. The van der Waals surface area contributed by atoms with Gasteiger partial charge in [0.2, 0.25) is 5.91 Å². The first-order valence-corrected chi connectivity index (χ1v) is 10.4. The van der Waals surface area contributed by atoms with Crippen molar-refractivity contribution in [2.75, 3.05) is 25.0 Å². The van der Waals surface area contributed by atoms with Gasteiger partial charge in [-0.05, 0) is 35.7 Å². The normalized spacial score (nSPS) is 16.2. The molecule has 1 aromatic heterocycles. The largest absolute Gasteiger partial charge is 0.711 e. The Bertz CT molecular complexity index is 999. The van der Waals surface area contributed by atoms with Crippen LogP contribution >= 0.6 is 0 Å². The topological polar surface area (TPSA) is 106 Å². The first-order chi connectivity index (χ1) is 15.6. The van der Waals surface area contributed by atoms with Gasteiger partial charge in [0.1, 0.15) is 12.3 Å². The minimum Gasteiger partial charge on any atom is -0.711 e. The lowest BCUT2D eigenvalue weighted by atomic mass is 9.94. The van der Waals surface area contributed by atoms with Gasteiger partial charge < -0.3 is 20.0 Å². The van der Waals surface area contributed by atoms with Crippen molar-refractivity contribution in [2.45, 2.75) is 32.0 Å². The summed E-state index contributed by atoms with van der Waals surface area (Å²) in [6, 6.07) is 9.89. The highest BCUT2D eigenvalue weighted by Crippen LogP contribution is 2.30. The number of rotatable bonds is 9. The smallest absolute Gasteiger partial charge is 0.406 e. The molecule has 1 atom stereocenters. The first-order valence-electron chi connectivity index (χ1n) is 10.4. The number of nitrogens with one attached hydrogen (secondary N) is 1. The maximum atomic E-state index is 13.0. The molecule has 0 fully saturated rings. The summed E-state index contributed by atoms with van der Waals surface area (Å²) in [5.41, 5.74) is 1.12. The van der Waals surface area contributed by atoms with E-state index in [1.54, 1.807) is 36.4 Å². The van der Waals surface area contributed by atoms with E-state index >= 15 is 0 Å². The van der Waals surface area contributed by atoms with Gasteiger partial charge >= 0.3 is 12.1 Å². The van der Waals surface area contributed by atoms with E-state index in [9.17, 15) is 28.0 Å². The summed E-state index contributed by atoms with van der Waals surface area (Å²) in [5.74, 6) is -2.28. The van der Waals surface area contributed by atoms with E-state index in [-0.39, 0.29) is 13.0 Å². The lowest BCUT2D eigenvalue weighted by Gasteiger charge is -2.25. The molecule has 1 aliphatic heterocycles. The van der Waals surface area contributed by atoms with E-state index in [0.29, 0.717) is 51.9 Å². The van der Waals surface area contributed by atoms with Crippen LogP contribution in [0.3, 0.4) is 0 Å². The molecule has 0 bridgehead atoms. The highest BCUT2D eigenvalue weighted by molar-refractivity contribution is 5.84. The van der Waals surface area contributed by atoms with Crippen LogP contribution in [0, 0.1) is 11.1 Å². The minimum atomic E-state index is -4.60. The zero-order valence-electron chi connectivity index (χ0n) is 17.7. The summed E-state index contributed by atoms with van der Waals surface area (Å²) in [7, 11) is 0. The van der Waals surface area contributed by atoms with Crippen LogP contribution in [-0.4, -0.2) is 47.8 Å². The van der Waals surface area contributed by atoms with Crippen molar-refractivity contribution >= 4 is 17.7 Å².